The largest absolute Gasteiger partial charge is 0.396 e. The maximum Gasteiger partial charge on any atom is 0.0436 e. The summed E-state index contributed by atoms with van der Waals surface area (Å²) in [4.78, 5) is 0. The second-order valence-electron chi connectivity index (χ2n) is 4.30. The maximum atomic E-state index is 9.09. The summed E-state index contributed by atoms with van der Waals surface area (Å²) in [6.45, 7) is 4.95. The molecule has 0 fully saturated rings. The van der Waals surface area contributed by atoms with Crippen LogP contribution in [0, 0.1) is 5.41 Å². The van der Waals surface area contributed by atoms with Gasteiger partial charge in [-0.05, 0) is 37.5 Å². The third-order valence-electron chi connectivity index (χ3n) is 3.07. The van der Waals surface area contributed by atoms with E-state index < -0.39 is 0 Å². The monoisotopic (exact) mass is 202 g/mol. The van der Waals surface area contributed by atoms with Crippen LogP contribution in [0.1, 0.15) is 58.8 Å². The smallest absolute Gasteiger partial charge is 0.0436 e. The standard InChI is InChI=1S/C12H26O2/c1-3-6-12(7-4-2,9-11-14)8-5-10-13/h13-14H,3-11H2,1-2H3. The molecular formula is C12H26O2. The van der Waals surface area contributed by atoms with Crippen LogP contribution >= 0.6 is 0 Å². The predicted molar refractivity (Wildman–Crippen MR) is 60.3 cm³/mol. The van der Waals surface area contributed by atoms with E-state index in [1.807, 2.05) is 0 Å². The van der Waals surface area contributed by atoms with Crippen molar-refractivity contribution in [3.8, 4) is 0 Å². The van der Waals surface area contributed by atoms with E-state index in [1.54, 1.807) is 0 Å². The average Bonchev–Trinajstić information content (AvgIpc) is 2.16. The van der Waals surface area contributed by atoms with E-state index in [-0.39, 0.29) is 13.2 Å². The van der Waals surface area contributed by atoms with Gasteiger partial charge in [0.15, 0.2) is 0 Å². The van der Waals surface area contributed by atoms with Gasteiger partial charge in [-0.25, -0.2) is 0 Å². The van der Waals surface area contributed by atoms with E-state index >= 15 is 0 Å². The molecule has 0 unspecified atom stereocenters. The van der Waals surface area contributed by atoms with Crippen molar-refractivity contribution in [3.63, 3.8) is 0 Å². The Balaban J connectivity index is 4.21. The second-order valence-corrected chi connectivity index (χ2v) is 4.30. The average molecular weight is 202 g/mol. The van der Waals surface area contributed by atoms with Crippen LogP contribution < -0.4 is 0 Å². The quantitative estimate of drug-likeness (QED) is 0.603. The third-order valence-corrected chi connectivity index (χ3v) is 3.07. The summed E-state index contributed by atoms with van der Waals surface area (Å²) < 4.78 is 0. The lowest BCUT2D eigenvalue weighted by atomic mass is 9.73. The summed E-state index contributed by atoms with van der Waals surface area (Å²) in [5.74, 6) is 0. The van der Waals surface area contributed by atoms with Crippen LogP contribution in [0.5, 0.6) is 0 Å². The Morgan fingerprint density at radius 1 is 0.786 bits per heavy atom. The van der Waals surface area contributed by atoms with E-state index in [1.165, 1.54) is 25.7 Å². The molecule has 2 N–H and O–H groups in total. The van der Waals surface area contributed by atoms with Crippen LogP contribution in [0.4, 0.5) is 0 Å². The summed E-state index contributed by atoms with van der Waals surface area (Å²) in [6.07, 6.45) is 7.54. The normalized spacial score (nSPS) is 12.0. The van der Waals surface area contributed by atoms with E-state index in [0.717, 1.165) is 19.3 Å². The van der Waals surface area contributed by atoms with E-state index in [2.05, 4.69) is 13.8 Å². The van der Waals surface area contributed by atoms with Gasteiger partial charge >= 0.3 is 0 Å². The molecule has 0 rings (SSSR count). The van der Waals surface area contributed by atoms with Gasteiger partial charge in [-0.1, -0.05) is 26.7 Å². The Kier molecular flexibility index (Phi) is 8.20. The first-order valence-electron chi connectivity index (χ1n) is 5.96. The molecule has 14 heavy (non-hydrogen) atoms. The molecular weight excluding hydrogens is 176 g/mol. The van der Waals surface area contributed by atoms with Crippen LogP contribution in [-0.2, 0) is 0 Å². The van der Waals surface area contributed by atoms with Crippen molar-refractivity contribution in [2.45, 2.75) is 58.8 Å². The zero-order valence-corrected chi connectivity index (χ0v) is 9.76. The molecule has 0 aliphatic rings. The van der Waals surface area contributed by atoms with Crippen molar-refractivity contribution >= 4 is 0 Å². The highest BCUT2D eigenvalue weighted by molar-refractivity contribution is 4.78. The lowest BCUT2D eigenvalue weighted by Crippen LogP contribution is -2.22. The summed E-state index contributed by atoms with van der Waals surface area (Å²) >= 11 is 0. The number of hydrogen-bond donors (Lipinski definition) is 2. The summed E-state index contributed by atoms with van der Waals surface area (Å²) in [5, 5.41) is 18.0. The second kappa shape index (κ2) is 8.25. The molecule has 0 aliphatic heterocycles. The lowest BCUT2D eigenvalue weighted by Gasteiger charge is -2.33. The molecule has 0 radical (unpaired) electrons. The summed E-state index contributed by atoms with van der Waals surface area (Å²) in [6, 6.07) is 0. The van der Waals surface area contributed by atoms with Gasteiger partial charge in [-0.3, -0.25) is 0 Å². The van der Waals surface area contributed by atoms with E-state index in [4.69, 9.17) is 10.2 Å². The van der Waals surface area contributed by atoms with Gasteiger partial charge in [0.25, 0.3) is 0 Å². The van der Waals surface area contributed by atoms with E-state index in [0.29, 0.717) is 5.41 Å². The van der Waals surface area contributed by atoms with Gasteiger partial charge in [-0.15, -0.1) is 0 Å². The number of aliphatic hydroxyl groups is 2. The SMILES string of the molecule is CCCC(CCC)(CCO)CCCO. The molecule has 2 heteroatoms. The molecule has 0 atom stereocenters. The zero-order valence-electron chi connectivity index (χ0n) is 9.76. The molecule has 0 spiro atoms. The van der Waals surface area contributed by atoms with Gasteiger partial charge in [0, 0.05) is 13.2 Å². The Hall–Kier alpha value is -0.0800. The van der Waals surface area contributed by atoms with Gasteiger partial charge in [0.1, 0.15) is 0 Å². The number of aliphatic hydroxyl groups excluding tert-OH is 2. The molecule has 0 heterocycles. The third kappa shape index (κ3) is 4.97. The molecule has 0 saturated carbocycles. The number of hydrogen-bond acceptors (Lipinski definition) is 2. The van der Waals surface area contributed by atoms with Gasteiger partial charge in [0.05, 0.1) is 0 Å². The first-order valence-corrected chi connectivity index (χ1v) is 5.96. The summed E-state index contributed by atoms with van der Waals surface area (Å²) in [7, 11) is 0. The van der Waals surface area contributed by atoms with Gasteiger partial charge in [-0.2, -0.15) is 0 Å². The Labute approximate surface area is 88.3 Å². The van der Waals surface area contributed by atoms with Crippen molar-refractivity contribution < 1.29 is 10.2 Å². The van der Waals surface area contributed by atoms with Crippen molar-refractivity contribution in [2.75, 3.05) is 13.2 Å². The lowest BCUT2D eigenvalue weighted by molar-refractivity contribution is 0.129. The fourth-order valence-corrected chi connectivity index (χ4v) is 2.50. The van der Waals surface area contributed by atoms with Crippen LogP contribution in [0.15, 0.2) is 0 Å². The molecule has 0 saturated heterocycles. The molecule has 2 nitrogen and oxygen atoms in total. The molecule has 0 aromatic heterocycles. The van der Waals surface area contributed by atoms with Crippen LogP contribution in [0.25, 0.3) is 0 Å². The zero-order chi connectivity index (χ0) is 10.9. The predicted octanol–water partition coefficient (Wildman–Crippen LogP) is 2.73. The van der Waals surface area contributed by atoms with Crippen molar-refractivity contribution in [2.24, 2.45) is 5.41 Å². The Morgan fingerprint density at radius 2 is 1.36 bits per heavy atom. The minimum atomic E-state index is 0.278. The molecule has 0 amide bonds. The minimum absolute atomic E-state index is 0.278. The van der Waals surface area contributed by atoms with Crippen molar-refractivity contribution in [3.05, 3.63) is 0 Å². The van der Waals surface area contributed by atoms with Crippen LogP contribution in [-0.4, -0.2) is 23.4 Å². The van der Waals surface area contributed by atoms with Gasteiger partial charge in [0.2, 0.25) is 0 Å². The Morgan fingerprint density at radius 3 is 1.71 bits per heavy atom. The first kappa shape index (κ1) is 13.9. The molecule has 0 aromatic carbocycles. The molecule has 0 aromatic rings. The Bertz CT molecular complexity index is 106. The fraction of sp³-hybridized carbons (Fsp3) is 1.00. The van der Waals surface area contributed by atoms with E-state index in [9.17, 15) is 0 Å². The highest BCUT2D eigenvalue weighted by Crippen LogP contribution is 2.38. The molecule has 86 valence electrons. The number of rotatable bonds is 9. The highest BCUT2D eigenvalue weighted by Gasteiger charge is 2.26. The van der Waals surface area contributed by atoms with Crippen molar-refractivity contribution in [1.29, 1.82) is 0 Å². The van der Waals surface area contributed by atoms with Crippen LogP contribution in [0.3, 0.4) is 0 Å². The molecule has 0 aliphatic carbocycles. The summed E-state index contributed by atoms with van der Waals surface area (Å²) in [5.41, 5.74) is 0.293. The van der Waals surface area contributed by atoms with Crippen LogP contribution in [0.2, 0.25) is 0 Å². The fourth-order valence-electron chi connectivity index (χ4n) is 2.50. The highest BCUT2D eigenvalue weighted by atomic mass is 16.3. The maximum absolute atomic E-state index is 9.09. The topological polar surface area (TPSA) is 40.5 Å². The minimum Gasteiger partial charge on any atom is -0.396 e. The molecule has 0 bridgehead atoms. The first-order chi connectivity index (χ1) is 6.74. The van der Waals surface area contributed by atoms with Crippen molar-refractivity contribution in [1.82, 2.24) is 0 Å². The van der Waals surface area contributed by atoms with Gasteiger partial charge < -0.3 is 10.2 Å².